The van der Waals surface area contributed by atoms with Gasteiger partial charge in [0.05, 0.1) is 14.2 Å². The van der Waals surface area contributed by atoms with Crippen molar-refractivity contribution in [2.24, 2.45) is 0 Å². The molecule has 4 nitrogen and oxygen atoms in total. The van der Waals surface area contributed by atoms with Crippen LogP contribution in [0.4, 0.5) is 22.7 Å². The van der Waals surface area contributed by atoms with Crippen LogP contribution in [0.1, 0.15) is 0 Å². The quantitative estimate of drug-likeness (QED) is 0.189. The van der Waals surface area contributed by atoms with Crippen molar-refractivity contribution in [3.8, 4) is 44.9 Å². The maximum atomic E-state index is 5.37. The maximum absolute atomic E-state index is 5.37. The highest BCUT2D eigenvalue weighted by molar-refractivity contribution is 6.01. The van der Waals surface area contributed by atoms with Crippen LogP contribution in [0.2, 0.25) is 0 Å². The Morgan fingerprint density at radius 2 is 0.833 bits per heavy atom. The third kappa shape index (κ3) is 5.84. The van der Waals surface area contributed by atoms with Crippen LogP contribution in [-0.4, -0.2) is 14.2 Å². The lowest BCUT2D eigenvalue weighted by Crippen LogP contribution is -1.98. The smallest absolute Gasteiger partial charge is 0.119 e. The third-order valence-electron chi connectivity index (χ3n) is 7.27. The number of rotatable bonds is 9. The molecule has 0 bridgehead atoms. The highest BCUT2D eigenvalue weighted by atomic mass is 16.5. The largest absolute Gasteiger partial charge is 0.497 e. The number of hydrogen-bond donors (Lipinski definition) is 2. The normalized spacial score (nSPS) is 10.6. The molecule has 2 N–H and O–H groups in total. The SMILES string of the molecule is COc1ccc(Nc2ccc(-c3ccc(Nc4ccc(OC)cc4)c(-c4ccccc4)c3-c3ccccc3)cc2)cc1. The molecule has 0 amide bonds. The minimum absolute atomic E-state index is 0.828. The molecule has 0 aliphatic carbocycles. The first kappa shape index (κ1) is 26.7. The van der Waals surface area contributed by atoms with E-state index in [1.807, 2.05) is 48.5 Å². The fourth-order valence-electron chi connectivity index (χ4n) is 5.16. The first-order chi connectivity index (χ1) is 20.7. The molecule has 0 aliphatic heterocycles. The summed E-state index contributed by atoms with van der Waals surface area (Å²) in [5, 5.41) is 7.17. The molecule has 0 unspecified atom stereocenters. The van der Waals surface area contributed by atoms with Crippen molar-refractivity contribution in [1.82, 2.24) is 0 Å². The molecule has 0 atom stereocenters. The summed E-state index contributed by atoms with van der Waals surface area (Å²) in [6, 6.07) is 50.2. The number of benzene rings is 6. The van der Waals surface area contributed by atoms with E-state index < -0.39 is 0 Å². The van der Waals surface area contributed by atoms with Gasteiger partial charge < -0.3 is 20.1 Å². The van der Waals surface area contributed by atoms with Gasteiger partial charge in [-0.05, 0) is 94.5 Å². The number of anilines is 4. The summed E-state index contributed by atoms with van der Waals surface area (Å²) < 4.78 is 10.7. The van der Waals surface area contributed by atoms with Gasteiger partial charge in [-0.25, -0.2) is 0 Å². The van der Waals surface area contributed by atoms with Crippen molar-refractivity contribution >= 4 is 22.7 Å². The summed E-state index contributed by atoms with van der Waals surface area (Å²) in [7, 11) is 3.36. The van der Waals surface area contributed by atoms with Crippen molar-refractivity contribution in [2.45, 2.75) is 0 Å². The highest BCUT2D eigenvalue weighted by Gasteiger charge is 2.18. The van der Waals surface area contributed by atoms with Gasteiger partial charge in [-0.3, -0.25) is 0 Å². The Bertz CT molecular complexity index is 1750. The van der Waals surface area contributed by atoms with E-state index in [2.05, 4.69) is 108 Å². The summed E-state index contributed by atoms with van der Waals surface area (Å²) in [6.07, 6.45) is 0. The van der Waals surface area contributed by atoms with Gasteiger partial charge in [0.2, 0.25) is 0 Å². The number of methoxy groups -OCH3 is 2. The highest BCUT2D eigenvalue weighted by Crippen LogP contribution is 2.45. The molecule has 0 spiro atoms. The molecule has 6 rings (SSSR count). The summed E-state index contributed by atoms with van der Waals surface area (Å²) in [6.45, 7) is 0. The predicted molar refractivity (Wildman–Crippen MR) is 175 cm³/mol. The molecule has 0 fully saturated rings. The molecule has 0 radical (unpaired) electrons. The van der Waals surface area contributed by atoms with E-state index in [9.17, 15) is 0 Å². The Morgan fingerprint density at radius 3 is 1.33 bits per heavy atom. The first-order valence-corrected chi connectivity index (χ1v) is 13.9. The van der Waals surface area contributed by atoms with E-state index in [1.54, 1.807) is 14.2 Å². The second-order valence-electron chi connectivity index (χ2n) is 9.93. The zero-order valence-corrected chi connectivity index (χ0v) is 23.7. The van der Waals surface area contributed by atoms with Crippen LogP contribution in [0.25, 0.3) is 33.4 Å². The molecule has 0 aliphatic rings. The van der Waals surface area contributed by atoms with Crippen LogP contribution in [0.3, 0.4) is 0 Å². The molecule has 6 aromatic rings. The van der Waals surface area contributed by atoms with Crippen molar-refractivity contribution in [2.75, 3.05) is 24.9 Å². The van der Waals surface area contributed by atoms with Gasteiger partial charge in [0.25, 0.3) is 0 Å². The van der Waals surface area contributed by atoms with Gasteiger partial charge in [0.15, 0.2) is 0 Å². The minimum Gasteiger partial charge on any atom is -0.497 e. The van der Waals surface area contributed by atoms with Gasteiger partial charge >= 0.3 is 0 Å². The lowest BCUT2D eigenvalue weighted by Gasteiger charge is -2.21. The van der Waals surface area contributed by atoms with Crippen molar-refractivity contribution < 1.29 is 9.47 Å². The number of nitrogens with one attached hydrogen (secondary N) is 2. The Kier molecular flexibility index (Phi) is 7.87. The molecule has 0 saturated carbocycles. The zero-order chi connectivity index (χ0) is 28.7. The number of ether oxygens (including phenoxy) is 2. The first-order valence-electron chi connectivity index (χ1n) is 13.9. The van der Waals surface area contributed by atoms with E-state index in [0.717, 1.165) is 62.1 Å². The van der Waals surface area contributed by atoms with Gasteiger partial charge in [-0.2, -0.15) is 0 Å². The van der Waals surface area contributed by atoms with Gasteiger partial charge in [-0.15, -0.1) is 0 Å². The summed E-state index contributed by atoms with van der Waals surface area (Å²) in [5.74, 6) is 1.66. The van der Waals surface area contributed by atoms with E-state index in [0.29, 0.717) is 0 Å². The van der Waals surface area contributed by atoms with Crippen LogP contribution < -0.4 is 20.1 Å². The molecular weight excluding hydrogens is 516 g/mol. The maximum Gasteiger partial charge on any atom is 0.119 e. The van der Waals surface area contributed by atoms with Crippen LogP contribution >= 0.6 is 0 Å². The Balaban J connectivity index is 1.45. The van der Waals surface area contributed by atoms with Crippen molar-refractivity contribution in [3.05, 3.63) is 146 Å². The van der Waals surface area contributed by atoms with Crippen LogP contribution in [0, 0.1) is 0 Å². The van der Waals surface area contributed by atoms with E-state index in [-0.39, 0.29) is 0 Å². The van der Waals surface area contributed by atoms with Gasteiger partial charge in [0.1, 0.15) is 11.5 Å². The molecular formula is C38H32N2O2. The topological polar surface area (TPSA) is 42.5 Å². The standard InChI is InChI=1S/C38H32N2O2/c1-41-33-21-17-31(18-22-33)39-30-15-13-27(14-16-30)35-25-26-36(40-32-19-23-34(42-2)24-20-32)38(29-11-7-4-8-12-29)37(35)28-9-5-3-6-10-28/h3-26,39-40H,1-2H3. The monoisotopic (exact) mass is 548 g/mol. The Morgan fingerprint density at radius 1 is 0.381 bits per heavy atom. The lowest BCUT2D eigenvalue weighted by molar-refractivity contribution is 0.415. The lowest BCUT2D eigenvalue weighted by atomic mass is 9.86. The average Bonchev–Trinajstić information content (AvgIpc) is 3.06. The fourth-order valence-corrected chi connectivity index (χ4v) is 5.16. The average molecular weight is 549 g/mol. The molecule has 42 heavy (non-hydrogen) atoms. The van der Waals surface area contributed by atoms with E-state index in [1.165, 1.54) is 5.56 Å². The molecule has 206 valence electrons. The predicted octanol–water partition coefficient (Wildman–Crippen LogP) is 10.2. The molecule has 6 aromatic carbocycles. The Hall–Kier alpha value is -5.48. The number of hydrogen-bond acceptors (Lipinski definition) is 4. The third-order valence-corrected chi connectivity index (χ3v) is 7.27. The summed E-state index contributed by atoms with van der Waals surface area (Å²) in [5.41, 5.74) is 11.0. The molecule has 0 heterocycles. The van der Waals surface area contributed by atoms with Gasteiger partial charge in [-0.1, -0.05) is 78.9 Å². The minimum atomic E-state index is 0.828. The van der Waals surface area contributed by atoms with Crippen LogP contribution in [-0.2, 0) is 0 Å². The van der Waals surface area contributed by atoms with E-state index in [4.69, 9.17) is 9.47 Å². The fraction of sp³-hybridized carbons (Fsp3) is 0.0526. The zero-order valence-electron chi connectivity index (χ0n) is 23.7. The van der Waals surface area contributed by atoms with E-state index >= 15 is 0 Å². The molecule has 0 saturated heterocycles. The van der Waals surface area contributed by atoms with Crippen LogP contribution in [0.15, 0.2) is 146 Å². The second-order valence-corrected chi connectivity index (χ2v) is 9.93. The summed E-state index contributed by atoms with van der Waals surface area (Å²) in [4.78, 5) is 0. The van der Waals surface area contributed by atoms with Crippen molar-refractivity contribution in [3.63, 3.8) is 0 Å². The second kappa shape index (κ2) is 12.4. The summed E-state index contributed by atoms with van der Waals surface area (Å²) >= 11 is 0. The molecule has 4 heteroatoms. The van der Waals surface area contributed by atoms with Gasteiger partial charge in [0, 0.05) is 28.3 Å². The van der Waals surface area contributed by atoms with Crippen LogP contribution in [0.5, 0.6) is 11.5 Å². The van der Waals surface area contributed by atoms with Crippen molar-refractivity contribution in [1.29, 1.82) is 0 Å². The Labute approximate surface area is 247 Å². The molecule has 0 aromatic heterocycles.